The zero-order valence-electron chi connectivity index (χ0n) is 5.52. The maximum atomic E-state index is 8.46. The van der Waals surface area contributed by atoms with Crippen LogP contribution in [-0.4, -0.2) is 37.3 Å². The van der Waals surface area contributed by atoms with Crippen molar-refractivity contribution >= 4 is 0 Å². The Labute approximate surface area is 50.4 Å². The average molecular weight is 115 g/mol. The van der Waals surface area contributed by atoms with Crippen molar-refractivity contribution in [1.82, 2.24) is 4.90 Å². The van der Waals surface area contributed by atoms with Gasteiger partial charge in [-0.2, -0.15) is 0 Å². The average Bonchev–Trinajstić information content (AvgIpc) is 1.65. The molecule has 0 saturated carbocycles. The molecule has 1 N–H and O–H groups in total. The minimum absolute atomic E-state index is 0.0954. The van der Waals surface area contributed by atoms with E-state index < -0.39 is 0 Å². The SMILES string of the molecule is C=C(CO)CN(C)C. The quantitative estimate of drug-likeness (QED) is 0.527. The summed E-state index contributed by atoms with van der Waals surface area (Å²) in [4.78, 5) is 1.97. The molecule has 0 radical (unpaired) electrons. The largest absolute Gasteiger partial charge is 0.392 e. The van der Waals surface area contributed by atoms with E-state index in [1.54, 1.807) is 0 Å². The van der Waals surface area contributed by atoms with Gasteiger partial charge in [-0.25, -0.2) is 0 Å². The minimum atomic E-state index is 0.0954. The molecule has 0 aromatic carbocycles. The first-order chi connectivity index (χ1) is 3.66. The van der Waals surface area contributed by atoms with Crippen molar-refractivity contribution < 1.29 is 5.11 Å². The van der Waals surface area contributed by atoms with Crippen molar-refractivity contribution in [3.8, 4) is 0 Å². The molecule has 0 rings (SSSR count). The van der Waals surface area contributed by atoms with Crippen LogP contribution in [-0.2, 0) is 0 Å². The molecule has 0 aromatic heterocycles. The van der Waals surface area contributed by atoms with Crippen molar-refractivity contribution in [2.75, 3.05) is 27.2 Å². The van der Waals surface area contributed by atoms with E-state index in [2.05, 4.69) is 6.58 Å². The first kappa shape index (κ1) is 7.66. The van der Waals surface area contributed by atoms with Gasteiger partial charge in [0, 0.05) is 6.54 Å². The summed E-state index contributed by atoms with van der Waals surface area (Å²) in [6.07, 6.45) is 0. The number of aliphatic hydroxyl groups excluding tert-OH is 1. The number of rotatable bonds is 3. The molecule has 0 aromatic rings. The second-order valence-corrected chi connectivity index (χ2v) is 2.15. The van der Waals surface area contributed by atoms with E-state index in [1.165, 1.54) is 0 Å². The molecule has 48 valence electrons. The Kier molecular flexibility index (Phi) is 3.48. The van der Waals surface area contributed by atoms with Gasteiger partial charge in [0.25, 0.3) is 0 Å². The highest BCUT2D eigenvalue weighted by Gasteiger charge is 1.91. The molecule has 0 saturated heterocycles. The fourth-order valence-electron chi connectivity index (χ4n) is 0.497. The smallest absolute Gasteiger partial charge is 0.0651 e. The summed E-state index contributed by atoms with van der Waals surface area (Å²) in [6.45, 7) is 4.49. The third kappa shape index (κ3) is 3.84. The Bertz CT molecular complexity index is 78.6. The van der Waals surface area contributed by atoms with Crippen LogP contribution < -0.4 is 0 Å². The lowest BCUT2D eigenvalue weighted by Crippen LogP contribution is -2.15. The van der Waals surface area contributed by atoms with E-state index in [-0.39, 0.29) is 6.61 Å². The Hall–Kier alpha value is -0.340. The summed E-state index contributed by atoms with van der Waals surface area (Å²) in [5.74, 6) is 0. The van der Waals surface area contributed by atoms with E-state index in [9.17, 15) is 0 Å². The molecule has 8 heavy (non-hydrogen) atoms. The molecule has 0 aliphatic rings. The summed E-state index contributed by atoms with van der Waals surface area (Å²) in [7, 11) is 3.89. The van der Waals surface area contributed by atoms with E-state index >= 15 is 0 Å². The zero-order valence-corrected chi connectivity index (χ0v) is 5.52. The molecule has 0 heterocycles. The van der Waals surface area contributed by atoms with Gasteiger partial charge in [0.2, 0.25) is 0 Å². The van der Waals surface area contributed by atoms with E-state index in [0.717, 1.165) is 12.1 Å². The van der Waals surface area contributed by atoms with Crippen LogP contribution in [0.15, 0.2) is 12.2 Å². The Morgan fingerprint density at radius 2 is 2.12 bits per heavy atom. The maximum absolute atomic E-state index is 8.46. The highest BCUT2D eigenvalue weighted by atomic mass is 16.3. The molecule has 2 nitrogen and oxygen atoms in total. The van der Waals surface area contributed by atoms with E-state index in [0.29, 0.717) is 0 Å². The molecule has 2 heteroatoms. The topological polar surface area (TPSA) is 23.5 Å². The number of nitrogens with zero attached hydrogens (tertiary/aromatic N) is 1. The van der Waals surface area contributed by atoms with Crippen LogP contribution in [0.1, 0.15) is 0 Å². The van der Waals surface area contributed by atoms with Gasteiger partial charge in [0.1, 0.15) is 0 Å². The van der Waals surface area contributed by atoms with Crippen molar-refractivity contribution in [2.45, 2.75) is 0 Å². The fraction of sp³-hybridized carbons (Fsp3) is 0.667. The van der Waals surface area contributed by atoms with E-state index in [1.807, 2.05) is 19.0 Å². The molecule has 0 aliphatic heterocycles. The van der Waals surface area contributed by atoms with Crippen molar-refractivity contribution in [3.05, 3.63) is 12.2 Å². The Morgan fingerprint density at radius 1 is 1.62 bits per heavy atom. The van der Waals surface area contributed by atoms with Gasteiger partial charge in [-0.3, -0.25) is 0 Å². The summed E-state index contributed by atoms with van der Waals surface area (Å²) >= 11 is 0. The Morgan fingerprint density at radius 3 is 2.25 bits per heavy atom. The number of aliphatic hydroxyl groups is 1. The fourth-order valence-corrected chi connectivity index (χ4v) is 0.497. The van der Waals surface area contributed by atoms with Gasteiger partial charge in [0.05, 0.1) is 6.61 Å². The molecular weight excluding hydrogens is 102 g/mol. The minimum Gasteiger partial charge on any atom is -0.392 e. The van der Waals surface area contributed by atoms with Gasteiger partial charge < -0.3 is 10.0 Å². The molecule has 0 bridgehead atoms. The van der Waals surface area contributed by atoms with Crippen molar-refractivity contribution in [3.63, 3.8) is 0 Å². The van der Waals surface area contributed by atoms with Gasteiger partial charge in [0.15, 0.2) is 0 Å². The third-order valence-corrected chi connectivity index (χ3v) is 0.763. The van der Waals surface area contributed by atoms with Crippen molar-refractivity contribution in [1.29, 1.82) is 0 Å². The predicted molar refractivity (Wildman–Crippen MR) is 34.8 cm³/mol. The molecule has 0 fully saturated rings. The van der Waals surface area contributed by atoms with Crippen LogP contribution in [0.3, 0.4) is 0 Å². The van der Waals surface area contributed by atoms with Gasteiger partial charge in [-0.05, 0) is 19.7 Å². The molecular formula is C6H13NO. The summed E-state index contributed by atoms with van der Waals surface area (Å²) in [6, 6.07) is 0. The van der Waals surface area contributed by atoms with Gasteiger partial charge in [-0.1, -0.05) is 6.58 Å². The second kappa shape index (κ2) is 3.64. The number of hydrogen-bond acceptors (Lipinski definition) is 2. The molecule has 0 aliphatic carbocycles. The normalized spacial score (nSPS) is 10.0. The third-order valence-electron chi connectivity index (χ3n) is 0.763. The van der Waals surface area contributed by atoms with E-state index in [4.69, 9.17) is 5.11 Å². The zero-order chi connectivity index (χ0) is 6.57. The lowest BCUT2D eigenvalue weighted by molar-refractivity contribution is 0.313. The van der Waals surface area contributed by atoms with Crippen LogP contribution in [0.5, 0.6) is 0 Å². The van der Waals surface area contributed by atoms with Gasteiger partial charge in [-0.15, -0.1) is 0 Å². The highest BCUT2D eigenvalue weighted by molar-refractivity contribution is 4.95. The highest BCUT2D eigenvalue weighted by Crippen LogP contribution is 1.87. The van der Waals surface area contributed by atoms with Crippen LogP contribution in [0.4, 0.5) is 0 Å². The lowest BCUT2D eigenvalue weighted by Gasteiger charge is -2.08. The Balaban J connectivity index is 3.25. The van der Waals surface area contributed by atoms with Crippen molar-refractivity contribution in [2.24, 2.45) is 0 Å². The molecule has 0 spiro atoms. The molecule has 0 unspecified atom stereocenters. The molecule has 0 atom stereocenters. The first-order valence-corrected chi connectivity index (χ1v) is 2.59. The number of hydrogen-bond donors (Lipinski definition) is 1. The van der Waals surface area contributed by atoms with Gasteiger partial charge >= 0.3 is 0 Å². The summed E-state index contributed by atoms with van der Waals surface area (Å²) in [5, 5.41) is 8.46. The first-order valence-electron chi connectivity index (χ1n) is 2.59. The standard InChI is InChI=1S/C6H13NO/c1-6(5-8)4-7(2)3/h8H,1,4-5H2,2-3H3. The summed E-state index contributed by atoms with van der Waals surface area (Å²) < 4.78 is 0. The van der Waals surface area contributed by atoms with Crippen LogP contribution in [0.25, 0.3) is 0 Å². The lowest BCUT2D eigenvalue weighted by atomic mass is 10.3. The maximum Gasteiger partial charge on any atom is 0.0651 e. The van der Waals surface area contributed by atoms with Crippen LogP contribution >= 0.6 is 0 Å². The second-order valence-electron chi connectivity index (χ2n) is 2.15. The number of likely N-dealkylation sites (N-methyl/N-ethyl adjacent to an activating group) is 1. The summed E-state index contributed by atoms with van der Waals surface area (Å²) in [5.41, 5.74) is 0.856. The van der Waals surface area contributed by atoms with Crippen LogP contribution in [0.2, 0.25) is 0 Å². The molecule has 0 amide bonds. The monoisotopic (exact) mass is 115 g/mol. The predicted octanol–water partition coefficient (Wildman–Crippen LogP) is 0.0965. The van der Waals surface area contributed by atoms with Crippen LogP contribution in [0, 0.1) is 0 Å².